The van der Waals surface area contributed by atoms with E-state index in [9.17, 15) is 14.4 Å². The number of fused-ring (bicyclic) bond motifs is 1. The summed E-state index contributed by atoms with van der Waals surface area (Å²) in [7, 11) is 1.25. The zero-order valence-electron chi connectivity index (χ0n) is 15.5. The van der Waals surface area contributed by atoms with Crippen molar-refractivity contribution in [3.8, 4) is 11.5 Å². The Kier molecular flexibility index (Phi) is 7.22. The fraction of sp³-hybridized carbons (Fsp3) is 0.421. The molecule has 1 N–H and O–H groups in total. The van der Waals surface area contributed by atoms with Gasteiger partial charge in [-0.25, -0.2) is 9.59 Å². The average Bonchev–Trinajstić information content (AvgIpc) is 3.15. The number of benzene rings is 1. The molecule has 1 aliphatic heterocycles. The molecule has 2 rings (SSSR count). The maximum Gasteiger partial charge on any atom is 0.331 e. The number of carbonyl (C=O) groups is 3. The highest BCUT2D eigenvalue weighted by Crippen LogP contribution is 2.32. The van der Waals surface area contributed by atoms with Crippen LogP contribution in [0.25, 0.3) is 6.08 Å². The first kappa shape index (κ1) is 20.3. The minimum Gasteiger partial charge on any atom is -0.467 e. The monoisotopic (exact) mass is 377 g/mol. The summed E-state index contributed by atoms with van der Waals surface area (Å²) >= 11 is 0. The molecule has 0 unspecified atom stereocenters. The van der Waals surface area contributed by atoms with Crippen molar-refractivity contribution in [3.05, 3.63) is 29.8 Å². The van der Waals surface area contributed by atoms with Crippen LogP contribution in [-0.4, -0.2) is 44.4 Å². The summed E-state index contributed by atoms with van der Waals surface area (Å²) in [6.07, 6.45) is 3.42. The third-order valence-corrected chi connectivity index (χ3v) is 4.14. The molecule has 0 fully saturated rings. The summed E-state index contributed by atoms with van der Waals surface area (Å²) in [5.74, 6) is -0.650. The minimum atomic E-state index is -0.782. The van der Waals surface area contributed by atoms with E-state index in [0.717, 1.165) is 5.56 Å². The van der Waals surface area contributed by atoms with Crippen LogP contribution in [0.5, 0.6) is 11.5 Å². The predicted octanol–water partition coefficient (Wildman–Crippen LogP) is 1.68. The maximum absolute atomic E-state index is 12.0. The van der Waals surface area contributed by atoms with Crippen molar-refractivity contribution in [2.24, 2.45) is 5.92 Å². The number of rotatable bonds is 8. The molecular weight excluding hydrogens is 354 g/mol. The molecule has 27 heavy (non-hydrogen) atoms. The first-order chi connectivity index (χ1) is 12.9. The molecule has 1 heterocycles. The lowest BCUT2D eigenvalue weighted by Crippen LogP contribution is -2.47. The summed E-state index contributed by atoms with van der Waals surface area (Å²) in [4.78, 5) is 35.5. The van der Waals surface area contributed by atoms with Crippen molar-refractivity contribution >= 4 is 23.9 Å². The number of carbonyl (C=O) groups excluding carboxylic acids is 3. The van der Waals surface area contributed by atoms with Gasteiger partial charge in [0.15, 0.2) is 18.1 Å². The molecule has 0 bridgehead atoms. The Hall–Kier alpha value is -3.03. The predicted molar refractivity (Wildman–Crippen MR) is 96.0 cm³/mol. The topological polar surface area (TPSA) is 100 Å². The van der Waals surface area contributed by atoms with Gasteiger partial charge in [0, 0.05) is 6.08 Å². The third kappa shape index (κ3) is 5.73. The first-order valence-electron chi connectivity index (χ1n) is 8.56. The highest BCUT2D eigenvalue weighted by molar-refractivity contribution is 5.90. The highest BCUT2D eigenvalue weighted by Gasteiger charge is 2.26. The summed E-state index contributed by atoms with van der Waals surface area (Å²) in [6.45, 7) is 3.40. The van der Waals surface area contributed by atoms with Gasteiger partial charge < -0.3 is 24.3 Å². The van der Waals surface area contributed by atoms with E-state index in [1.807, 2.05) is 13.8 Å². The van der Waals surface area contributed by atoms with E-state index in [2.05, 4.69) is 10.1 Å². The van der Waals surface area contributed by atoms with E-state index < -0.39 is 30.5 Å². The molecular formula is C19H23NO7. The fourth-order valence-electron chi connectivity index (χ4n) is 2.38. The minimum absolute atomic E-state index is 0.108. The molecule has 146 valence electrons. The second-order valence-electron chi connectivity index (χ2n) is 6.01. The van der Waals surface area contributed by atoms with E-state index in [-0.39, 0.29) is 12.7 Å². The smallest absolute Gasteiger partial charge is 0.331 e. The number of ether oxygens (including phenoxy) is 4. The van der Waals surface area contributed by atoms with Gasteiger partial charge in [-0.1, -0.05) is 26.3 Å². The molecule has 0 saturated carbocycles. The van der Waals surface area contributed by atoms with E-state index in [4.69, 9.17) is 14.2 Å². The largest absolute Gasteiger partial charge is 0.467 e. The van der Waals surface area contributed by atoms with E-state index in [1.54, 1.807) is 24.3 Å². The lowest BCUT2D eigenvalue weighted by molar-refractivity contribution is -0.148. The van der Waals surface area contributed by atoms with Crippen LogP contribution in [0, 0.1) is 5.92 Å². The zero-order valence-corrected chi connectivity index (χ0v) is 15.5. The van der Waals surface area contributed by atoms with Crippen LogP contribution in [0.3, 0.4) is 0 Å². The van der Waals surface area contributed by atoms with Crippen LogP contribution in [-0.2, 0) is 23.9 Å². The standard InChI is InChI=1S/C19H23NO7/c1-4-12(2)18(19(23)24-3)20-16(21)10-25-17(22)8-6-13-5-7-14-15(9-13)27-11-26-14/h5-9,12,18H,4,10-11H2,1-3H3,(H,20,21)/b8-6+/t12-,18+/m0/s1. The molecule has 0 spiro atoms. The van der Waals surface area contributed by atoms with Crippen LogP contribution >= 0.6 is 0 Å². The second kappa shape index (κ2) is 9.61. The van der Waals surface area contributed by atoms with Crippen molar-refractivity contribution < 1.29 is 33.3 Å². The molecule has 0 aromatic heterocycles. The van der Waals surface area contributed by atoms with Crippen molar-refractivity contribution in [3.63, 3.8) is 0 Å². The summed E-state index contributed by atoms with van der Waals surface area (Å²) in [6, 6.07) is 4.45. The van der Waals surface area contributed by atoms with E-state index in [0.29, 0.717) is 17.9 Å². The van der Waals surface area contributed by atoms with Crippen LogP contribution in [0.1, 0.15) is 25.8 Å². The van der Waals surface area contributed by atoms with E-state index >= 15 is 0 Å². The molecule has 0 aliphatic carbocycles. The van der Waals surface area contributed by atoms with Crippen LogP contribution < -0.4 is 14.8 Å². The van der Waals surface area contributed by atoms with Crippen molar-refractivity contribution in [2.75, 3.05) is 20.5 Å². The van der Waals surface area contributed by atoms with Crippen molar-refractivity contribution in [2.45, 2.75) is 26.3 Å². The Morgan fingerprint density at radius 1 is 1.26 bits per heavy atom. The van der Waals surface area contributed by atoms with Crippen molar-refractivity contribution in [1.82, 2.24) is 5.32 Å². The van der Waals surface area contributed by atoms with Gasteiger partial charge in [0.2, 0.25) is 6.79 Å². The normalized spacial score (nSPS) is 14.5. The Labute approximate surface area is 157 Å². The van der Waals surface area contributed by atoms with E-state index in [1.165, 1.54) is 13.2 Å². The van der Waals surface area contributed by atoms with Gasteiger partial charge >= 0.3 is 11.9 Å². The lowest BCUT2D eigenvalue weighted by Gasteiger charge is -2.21. The molecule has 1 aliphatic rings. The Bertz CT molecular complexity index is 729. The van der Waals surface area contributed by atoms with Gasteiger partial charge in [0.1, 0.15) is 6.04 Å². The SMILES string of the molecule is CC[C@H](C)[C@@H](NC(=O)COC(=O)/C=C/c1ccc2c(c1)OCO2)C(=O)OC. The lowest BCUT2D eigenvalue weighted by atomic mass is 9.99. The number of hydrogen-bond acceptors (Lipinski definition) is 7. The number of hydrogen-bond donors (Lipinski definition) is 1. The van der Waals surface area contributed by atoms with Crippen LogP contribution in [0.15, 0.2) is 24.3 Å². The van der Waals surface area contributed by atoms with Crippen LogP contribution in [0.4, 0.5) is 0 Å². The fourth-order valence-corrected chi connectivity index (χ4v) is 2.38. The van der Waals surface area contributed by atoms with Gasteiger partial charge in [0.25, 0.3) is 5.91 Å². The molecule has 2 atom stereocenters. The average molecular weight is 377 g/mol. The summed E-state index contributed by atoms with van der Waals surface area (Å²) in [5, 5.41) is 2.53. The molecule has 1 aromatic rings. The Morgan fingerprint density at radius 2 is 2.00 bits per heavy atom. The molecule has 0 saturated heterocycles. The van der Waals surface area contributed by atoms with Gasteiger partial charge in [-0.3, -0.25) is 4.79 Å². The Balaban J connectivity index is 1.83. The van der Waals surface area contributed by atoms with Gasteiger partial charge in [-0.05, 0) is 29.7 Å². The van der Waals surface area contributed by atoms with Gasteiger partial charge in [0.05, 0.1) is 7.11 Å². The third-order valence-electron chi connectivity index (χ3n) is 4.14. The molecule has 1 amide bonds. The van der Waals surface area contributed by atoms with Gasteiger partial charge in [-0.2, -0.15) is 0 Å². The molecule has 8 nitrogen and oxygen atoms in total. The van der Waals surface area contributed by atoms with Crippen LogP contribution in [0.2, 0.25) is 0 Å². The second-order valence-corrected chi connectivity index (χ2v) is 6.01. The quantitative estimate of drug-likeness (QED) is 0.543. The highest BCUT2D eigenvalue weighted by atomic mass is 16.7. The number of esters is 2. The summed E-state index contributed by atoms with van der Waals surface area (Å²) < 4.78 is 20.1. The number of methoxy groups -OCH3 is 1. The summed E-state index contributed by atoms with van der Waals surface area (Å²) in [5.41, 5.74) is 0.725. The van der Waals surface area contributed by atoms with Gasteiger partial charge in [-0.15, -0.1) is 0 Å². The number of nitrogens with one attached hydrogen (secondary N) is 1. The molecule has 1 aromatic carbocycles. The maximum atomic E-state index is 12.0. The first-order valence-corrected chi connectivity index (χ1v) is 8.56. The molecule has 0 radical (unpaired) electrons. The number of amides is 1. The molecule has 8 heteroatoms. The Morgan fingerprint density at radius 3 is 2.70 bits per heavy atom. The van der Waals surface area contributed by atoms with Crippen molar-refractivity contribution in [1.29, 1.82) is 0 Å². The zero-order chi connectivity index (χ0) is 19.8.